The summed E-state index contributed by atoms with van der Waals surface area (Å²) in [5.41, 5.74) is 9.14. The number of nitrogens with two attached hydrogens (primary N) is 2. The molecule has 0 aliphatic carbocycles. The highest BCUT2D eigenvalue weighted by Gasteiger charge is 1.81. The van der Waals surface area contributed by atoms with Gasteiger partial charge in [0.25, 0.3) is 0 Å². The van der Waals surface area contributed by atoms with Gasteiger partial charge in [0.05, 0.1) is 13.1 Å². The Labute approximate surface area is 69.6 Å². The lowest BCUT2D eigenvalue weighted by Gasteiger charge is -1.73. The molecule has 0 aromatic heterocycles. The first-order valence-corrected chi connectivity index (χ1v) is 2.38. The van der Waals surface area contributed by atoms with E-state index in [0.29, 0.717) is 0 Å². The number of carboxylic acids is 2. The number of halogens is 1. The fourth-order valence-electron chi connectivity index (χ4n) is 0. The Hall–Kier alpha value is -0.850. The van der Waals surface area contributed by atoms with Crippen LogP contribution in [0.25, 0.3) is 0 Å². The molecule has 0 atom stereocenters. The van der Waals surface area contributed by atoms with Gasteiger partial charge in [0.15, 0.2) is 0 Å². The summed E-state index contributed by atoms with van der Waals surface area (Å²) < 4.78 is 0. The molecule has 0 aromatic carbocycles. The fourth-order valence-corrected chi connectivity index (χ4v) is 0. The molecule has 0 unspecified atom stereocenters. The molecule has 0 aliphatic rings. The summed E-state index contributed by atoms with van der Waals surface area (Å²) in [6, 6.07) is 0. The van der Waals surface area contributed by atoms with Crippen molar-refractivity contribution in [1.82, 2.24) is 0 Å². The predicted molar refractivity (Wildman–Crippen MR) is 40.6 cm³/mol. The van der Waals surface area contributed by atoms with Crippen LogP contribution < -0.4 is 11.5 Å². The molecule has 0 radical (unpaired) electrons. The largest absolute Gasteiger partial charge is 0.480 e. The van der Waals surface area contributed by atoms with Crippen LogP contribution in [0, 0.1) is 0 Å². The Kier molecular flexibility index (Phi) is 18.0. The van der Waals surface area contributed by atoms with Gasteiger partial charge in [-0.15, -0.1) is 12.4 Å². The van der Waals surface area contributed by atoms with Crippen LogP contribution in [0.15, 0.2) is 0 Å². The predicted octanol–water partition coefficient (Wildman–Crippen LogP) is -1.52. The van der Waals surface area contributed by atoms with Crippen molar-refractivity contribution >= 4 is 24.3 Å². The van der Waals surface area contributed by atoms with Crippen LogP contribution in [0.5, 0.6) is 0 Å². The van der Waals surface area contributed by atoms with Gasteiger partial charge in [0.1, 0.15) is 0 Å². The van der Waals surface area contributed by atoms with E-state index in [0.717, 1.165) is 0 Å². The first-order valence-electron chi connectivity index (χ1n) is 2.38. The van der Waals surface area contributed by atoms with E-state index in [4.69, 9.17) is 10.2 Å². The van der Waals surface area contributed by atoms with Crippen LogP contribution in [0.2, 0.25) is 0 Å². The molecule has 6 nitrogen and oxygen atoms in total. The van der Waals surface area contributed by atoms with Crippen molar-refractivity contribution in [2.45, 2.75) is 0 Å². The summed E-state index contributed by atoms with van der Waals surface area (Å²) in [4.78, 5) is 18.5. The zero-order valence-electron chi connectivity index (χ0n) is 5.69. The van der Waals surface area contributed by atoms with Crippen molar-refractivity contribution in [3.8, 4) is 0 Å². The summed E-state index contributed by atoms with van der Waals surface area (Å²) in [5.74, 6) is -1.94. The monoisotopic (exact) mass is 186 g/mol. The topological polar surface area (TPSA) is 127 Å². The molecular weight excluding hydrogens is 176 g/mol. The third-order valence-corrected chi connectivity index (χ3v) is 0.349. The average molecular weight is 187 g/mol. The molecule has 0 spiro atoms. The number of carboxylic acid groups (broad SMARTS) is 2. The van der Waals surface area contributed by atoms with Crippen LogP contribution >= 0.6 is 12.4 Å². The molecule has 6 N–H and O–H groups in total. The third kappa shape index (κ3) is 47.1. The zero-order valence-corrected chi connectivity index (χ0v) is 6.50. The van der Waals surface area contributed by atoms with Gasteiger partial charge < -0.3 is 21.7 Å². The van der Waals surface area contributed by atoms with Crippen molar-refractivity contribution in [3.05, 3.63) is 0 Å². The summed E-state index contributed by atoms with van der Waals surface area (Å²) >= 11 is 0. The molecule has 68 valence electrons. The van der Waals surface area contributed by atoms with Gasteiger partial charge in [-0.1, -0.05) is 0 Å². The second-order valence-corrected chi connectivity index (χ2v) is 1.20. The van der Waals surface area contributed by atoms with E-state index in [1.807, 2.05) is 0 Å². The second-order valence-electron chi connectivity index (χ2n) is 1.20. The lowest BCUT2D eigenvalue weighted by Crippen LogP contribution is -2.10. The molecule has 0 aliphatic heterocycles. The Bertz CT molecular complexity index is 105. The van der Waals surface area contributed by atoms with Crippen molar-refractivity contribution in [3.63, 3.8) is 0 Å². The van der Waals surface area contributed by atoms with Gasteiger partial charge >= 0.3 is 11.9 Å². The maximum absolute atomic E-state index is 9.24. The van der Waals surface area contributed by atoms with Crippen molar-refractivity contribution in [2.75, 3.05) is 13.1 Å². The average Bonchev–Trinajstić information content (AvgIpc) is 1.89. The molecular formula is C4H11ClN2O4. The first-order chi connectivity index (χ1) is 4.54. The van der Waals surface area contributed by atoms with E-state index in [1.165, 1.54) is 0 Å². The van der Waals surface area contributed by atoms with Gasteiger partial charge in [0.2, 0.25) is 0 Å². The van der Waals surface area contributed by atoms with Crippen LogP contribution in [-0.2, 0) is 9.59 Å². The quantitative estimate of drug-likeness (QED) is 0.415. The van der Waals surface area contributed by atoms with E-state index in [1.54, 1.807) is 0 Å². The normalized spacial score (nSPS) is 6.73. The van der Waals surface area contributed by atoms with E-state index >= 15 is 0 Å². The summed E-state index contributed by atoms with van der Waals surface area (Å²) in [6.07, 6.45) is 0. The molecule has 0 bridgehead atoms. The Morgan fingerprint density at radius 1 is 1.00 bits per heavy atom. The SMILES string of the molecule is Cl.NCC(=O)O.NCC(=O)O. The van der Waals surface area contributed by atoms with Crippen molar-refractivity contribution in [1.29, 1.82) is 0 Å². The van der Waals surface area contributed by atoms with E-state index < -0.39 is 11.9 Å². The zero-order chi connectivity index (χ0) is 8.57. The summed E-state index contributed by atoms with van der Waals surface area (Å²) in [5, 5.41) is 15.2. The van der Waals surface area contributed by atoms with Gasteiger partial charge in [-0.2, -0.15) is 0 Å². The van der Waals surface area contributed by atoms with E-state index in [2.05, 4.69) is 11.5 Å². The molecule has 0 amide bonds. The van der Waals surface area contributed by atoms with Gasteiger partial charge in [-0.3, -0.25) is 9.59 Å². The highest BCUT2D eigenvalue weighted by atomic mass is 35.5. The van der Waals surface area contributed by atoms with Crippen LogP contribution in [0.3, 0.4) is 0 Å². The molecule has 7 heteroatoms. The molecule has 0 heterocycles. The fraction of sp³-hybridized carbons (Fsp3) is 0.500. The minimum absolute atomic E-state index is 0. The molecule has 0 aromatic rings. The first kappa shape index (κ1) is 16.6. The van der Waals surface area contributed by atoms with Crippen molar-refractivity contribution < 1.29 is 19.8 Å². The standard InChI is InChI=1S/2C2H5NO2.ClH/c2*3-1-2(4)5;/h2*1,3H2,(H,4,5);1H. The number of carbonyl (C=O) groups is 2. The van der Waals surface area contributed by atoms with Crippen LogP contribution in [0.1, 0.15) is 0 Å². The number of hydrogen-bond donors (Lipinski definition) is 4. The van der Waals surface area contributed by atoms with Gasteiger partial charge in [-0.25, -0.2) is 0 Å². The summed E-state index contributed by atoms with van der Waals surface area (Å²) in [6.45, 7) is -0.556. The number of rotatable bonds is 2. The highest BCUT2D eigenvalue weighted by molar-refractivity contribution is 5.85. The minimum Gasteiger partial charge on any atom is -0.480 e. The molecule has 0 rings (SSSR count). The number of aliphatic carboxylic acids is 2. The van der Waals surface area contributed by atoms with E-state index in [-0.39, 0.29) is 25.5 Å². The number of hydrogen-bond acceptors (Lipinski definition) is 4. The Morgan fingerprint density at radius 3 is 1.09 bits per heavy atom. The summed E-state index contributed by atoms with van der Waals surface area (Å²) in [7, 11) is 0. The maximum Gasteiger partial charge on any atom is 0.317 e. The van der Waals surface area contributed by atoms with Crippen molar-refractivity contribution in [2.24, 2.45) is 11.5 Å². The lowest BCUT2D eigenvalue weighted by atomic mass is 10.7. The Balaban J connectivity index is -0.000000107. The minimum atomic E-state index is -0.968. The molecule has 11 heavy (non-hydrogen) atoms. The Morgan fingerprint density at radius 2 is 1.09 bits per heavy atom. The van der Waals surface area contributed by atoms with Crippen LogP contribution in [0.4, 0.5) is 0 Å². The third-order valence-electron chi connectivity index (χ3n) is 0.349. The van der Waals surface area contributed by atoms with Gasteiger partial charge in [0, 0.05) is 0 Å². The molecule has 0 fully saturated rings. The van der Waals surface area contributed by atoms with Gasteiger partial charge in [-0.05, 0) is 0 Å². The maximum atomic E-state index is 9.24. The molecule has 0 saturated carbocycles. The smallest absolute Gasteiger partial charge is 0.317 e. The van der Waals surface area contributed by atoms with E-state index in [9.17, 15) is 9.59 Å². The highest BCUT2D eigenvalue weighted by Crippen LogP contribution is 1.44. The second kappa shape index (κ2) is 11.9. The van der Waals surface area contributed by atoms with Crippen LogP contribution in [-0.4, -0.2) is 35.2 Å². The lowest BCUT2D eigenvalue weighted by molar-refractivity contribution is -0.136. The molecule has 0 saturated heterocycles.